The Hall–Kier alpha value is -2.04. The summed E-state index contributed by atoms with van der Waals surface area (Å²) in [4.78, 5) is 24.4. The number of phenolic OH excluding ortho intramolecular Hbond substituents is 1. The molecule has 1 unspecified atom stereocenters. The Bertz CT molecular complexity index is 498. The molecule has 96 valence electrons. The molecule has 1 aromatic rings. The fraction of sp³-hybridized carbons (Fsp3) is 0.385. The summed E-state index contributed by atoms with van der Waals surface area (Å²) in [6.45, 7) is 2.44. The normalized spacial score (nSPS) is 18.9. The number of hydrogen-bond donors (Lipinski definition) is 2. The number of carboxylic acids is 1. The zero-order chi connectivity index (χ0) is 13.3. The van der Waals surface area contributed by atoms with E-state index in [4.69, 9.17) is 5.11 Å². The summed E-state index contributed by atoms with van der Waals surface area (Å²) in [6, 6.07) is 4.74. The van der Waals surface area contributed by atoms with E-state index in [1.807, 2.05) is 0 Å². The van der Waals surface area contributed by atoms with Crippen LogP contribution in [0.2, 0.25) is 0 Å². The minimum Gasteiger partial charge on any atom is -0.508 e. The molecule has 1 heterocycles. The molecule has 1 aliphatic rings. The molecule has 0 spiro atoms. The summed E-state index contributed by atoms with van der Waals surface area (Å²) in [7, 11) is 0. The summed E-state index contributed by atoms with van der Waals surface area (Å²) in [6.07, 6.45) is 0.485. The van der Waals surface area contributed by atoms with Crippen LogP contribution in [0.1, 0.15) is 22.3 Å². The number of carbonyl (C=O) groups excluding carboxylic acids is 1. The number of amides is 1. The van der Waals surface area contributed by atoms with Gasteiger partial charge in [-0.05, 0) is 31.0 Å². The van der Waals surface area contributed by atoms with Gasteiger partial charge in [-0.3, -0.25) is 9.59 Å². The fourth-order valence-electron chi connectivity index (χ4n) is 2.07. The van der Waals surface area contributed by atoms with E-state index in [-0.39, 0.29) is 18.2 Å². The minimum atomic E-state index is -0.864. The van der Waals surface area contributed by atoms with E-state index in [2.05, 4.69) is 0 Å². The standard InChI is InChI=1S/C13H15NO4/c1-8-2-3-9(6-11(8)15)12(16)14-5-4-10(7-14)13(17)18/h2-3,6,10,15H,4-5,7H2,1H3,(H,17,18). The summed E-state index contributed by atoms with van der Waals surface area (Å²) < 4.78 is 0. The maximum absolute atomic E-state index is 12.1. The number of nitrogens with zero attached hydrogens (tertiary/aromatic N) is 1. The van der Waals surface area contributed by atoms with Crippen molar-refractivity contribution in [2.24, 2.45) is 5.92 Å². The van der Waals surface area contributed by atoms with E-state index in [1.54, 1.807) is 19.1 Å². The highest BCUT2D eigenvalue weighted by Gasteiger charge is 2.31. The molecule has 0 aliphatic carbocycles. The van der Waals surface area contributed by atoms with E-state index < -0.39 is 11.9 Å². The maximum atomic E-state index is 12.1. The molecule has 0 bridgehead atoms. The molecule has 5 nitrogen and oxygen atoms in total. The Morgan fingerprint density at radius 2 is 2.11 bits per heavy atom. The lowest BCUT2D eigenvalue weighted by atomic mass is 10.1. The zero-order valence-electron chi connectivity index (χ0n) is 10.1. The van der Waals surface area contributed by atoms with Gasteiger partial charge >= 0.3 is 5.97 Å². The number of likely N-dealkylation sites (tertiary alicyclic amines) is 1. The van der Waals surface area contributed by atoms with Gasteiger partial charge in [0.15, 0.2) is 0 Å². The molecule has 1 fully saturated rings. The topological polar surface area (TPSA) is 77.8 Å². The zero-order valence-corrected chi connectivity index (χ0v) is 10.1. The lowest BCUT2D eigenvalue weighted by Crippen LogP contribution is -2.29. The highest BCUT2D eigenvalue weighted by molar-refractivity contribution is 5.95. The first kappa shape index (κ1) is 12.4. The van der Waals surface area contributed by atoms with Crippen LogP contribution in [0.3, 0.4) is 0 Å². The van der Waals surface area contributed by atoms with Crippen LogP contribution in [0.25, 0.3) is 0 Å². The van der Waals surface area contributed by atoms with Crippen LogP contribution in [-0.2, 0) is 4.79 Å². The molecule has 1 aliphatic heterocycles. The van der Waals surface area contributed by atoms with Crippen molar-refractivity contribution in [1.29, 1.82) is 0 Å². The molecule has 0 saturated carbocycles. The average Bonchev–Trinajstić information content (AvgIpc) is 2.81. The van der Waals surface area contributed by atoms with Crippen molar-refractivity contribution in [1.82, 2.24) is 4.90 Å². The summed E-state index contributed by atoms with van der Waals surface area (Å²) in [5.41, 5.74) is 1.10. The van der Waals surface area contributed by atoms with Crippen LogP contribution in [0.15, 0.2) is 18.2 Å². The van der Waals surface area contributed by atoms with Crippen molar-refractivity contribution >= 4 is 11.9 Å². The second-order valence-electron chi connectivity index (χ2n) is 4.58. The minimum absolute atomic E-state index is 0.0785. The molecule has 2 rings (SSSR count). The van der Waals surface area contributed by atoms with Gasteiger partial charge in [0.2, 0.25) is 0 Å². The Labute approximate surface area is 105 Å². The van der Waals surface area contributed by atoms with Gasteiger partial charge in [-0.1, -0.05) is 6.07 Å². The summed E-state index contributed by atoms with van der Waals surface area (Å²) in [5, 5.41) is 18.5. The van der Waals surface area contributed by atoms with Crippen molar-refractivity contribution in [3.05, 3.63) is 29.3 Å². The molecular formula is C13H15NO4. The van der Waals surface area contributed by atoms with Crippen molar-refractivity contribution < 1.29 is 19.8 Å². The number of aryl methyl sites for hydroxylation is 1. The SMILES string of the molecule is Cc1ccc(C(=O)N2CCC(C(=O)O)C2)cc1O. The first-order valence-electron chi connectivity index (χ1n) is 5.80. The molecular weight excluding hydrogens is 234 g/mol. The van der Waals surface area contributed by atoms with Gasteiger partial charge in [-0.15, -0.1) is 0 Å². The predicted molar refractivity (Wildman–Crippen MR) is 64.5 cm³/mol. The van der Waals surface area contributed by atoms with E-state index in [9.17, 15) is 14.7 Å². The molecule has 2 N–H and O–H groups in total. The molecule has 0 aromatic heterocycles. The van der Waals surface area contributed by atoms with Crippen molar-refractivity contribution in [2.75, 3.05) is 13.1 Å². The Kier molecular flexibility index (Phi) is 3.23. The van der Waals surface area contributed by atoms with Gasteiger partial charge < -0.3 is 15.1 Å². The lowest BCUT2D eigenvalue weighted by molar-refractivity contribution is -0.141. The summed E-state index contributed by atoms with van der Waals surface area (Å²) >= 11 is 0. The number of hydrogen-bond acceptors (Lipinski definition) is 3. The van der Waals surface area contributed by atoms with Crippen LogP contribution < -0.4 is 0 Å². The number of phenols is 1. The third-order valence-corrected chi connectivity index (χ3v) is 3.28. The van der Waals surface area contributed by atoms with E-state index >= 15 is 0 Å². The highest BCUT2D eigenvalue weighted by atomic mass is 16.4. The van der Waals surface area contributed by atoms with Crippen LogP contribution in [0.5, 0.6) is 5.75 Å². The van der Waals surface area contributed by atoms with Gasteiger partial charge in [-0.2, -0.15) is 0 Å². The Morgan fingerprint density at radius 1 is 1.39 bits per heavy atom. The van der Waals surface area contributed by atoms with Gasteiger partial charge in [0.25, 0.3) is 5.91 Å². The molecule has 1 aromatic carbocycles. The van der Waals surface area contributed by atoms with Gasteiger partial charge in [0.05, 0.1) is 5.92 Å². The van der Waals surface area contributed by atoms with E-state index in [0.717, 1.165) is 0 Å². The average molecular weight is 249 g/mol. The predicted octanol–water partition coefficient (Wildman–Crippen LogP) is 1.25. The molecule has 5 heteroatoms. The lowest BCUT2D eigenvalue weighted by Gasteiger charge is -2.16. The number of carbonyl (C=O) groups is 2. The third-order valence-electron chi connectivity index (χ3n) is 3.28. The number of carboxylic acid groups (broad SMARTS) is 1. The number of aliphatic carboxylic acids is 1. The van der Waals surface area contributed by atoms with Crippen molar-refractivity contribution in [2.45, 2.75) is 13.3 Å². The Balaban J connectivity index is 2.12. The second kappa shape index (κ2) is 4.68. The molecule has 18 heavy (non-hydrogen) atoms. The van der Waals surface area contributed by atoms with E-state index in [1.165, 1.54) is 11.0 Å². The van der Waals surface area contributed by atoms with E-state index in [0.29, 0.717) is 24.1 Å². The monoisotopic (exact) mass is 249 g/mol. The summed E-state index contributed by atoms with van der Waals surface area (Å²) in [5.74, 6) is -1.49. The van der Waals surface area contributed by atoms with Crippen LogP contribution in [0, 0.1) is 12.8 Å². The van der Waals surface area contributed by atoms with Crippen molar-refractivity contribution in [3.63, 3.8) is 0 Å². The molecule has 1 atom stereocenters. The highest BCUT2D eigenvalue weighted by Crippen LogP contribution is 2.22. The third kappa shape index (κ3) is 2.30. The fourth-order valence-corrected chi connectivity index (χ4v) is 2.07. The Morgan fingerprint density at radius 3 is 2.67 bits per heavy atom. The maximum Gasteiger partial charge on any atom is 0.308 e. The van der Waals surface area contributed by atoms with Crippen molar-refractivity contribution in [3.8, 4) is 5.75 Å². The first-order valence-corrected chi connectivity index (χ1v) is 5.80. The first-order chi connectivity index (χ1) is 8.49. The van der Waals surface area contributed by atoms with Gasteiger partial charge in [-0.25, -0.2) is 0 Å². The number of aromatic hydroxyl groups is 1. The number of benzene rings is 1. The quantitative estimate of drug-likeness (QED) is 0.826. The van der Waals surface area contributed by atoms with Gasteiger partial charge in [0.1, 0.15) is 5.75 Å². The largest absolute Gasteiger partial charge is 0.508 e. The van der Waals surface area contributed by atoms with Crippen LogP contribution in [-0.4, -0.2) is 40.1 Å². The van der Waals surface area contributed by atoms with Crippen LogP contribution >= 0.6 is 0 Å². The van der Waals surface area contributed by atoms with Crippen LogP contribution in [0.4, 0.5) is 0 Å². The number of rotatable bonds is 2. The molecule has 0 radical (unpaired) electrons. The molecule has 1 saturated heterocycles. The second-order valence-corrected chi connectivity index (χ2v) is 4.58. The smallest absolute Gasteiger partial charge is 0.308 e. The van der Waals surface area contributed by atoms with Gasteiger partial charge in [0, 0.05) is 18.7 Å². The molecule has 1 amide bonds.